The molecule has 0 saturated carbocycles. The van der Waals surface area contributed by atoms with Crippen LogP contribution in [0, 0.1) is 0 Å². The molecule has 2 saturated heterocycles. The van der Waals surface area contributed by atoms with Crippen molar-refractivity contribution in [2.24, 2.45) is 0 Å². The third-order valence-corrected chi connectivity index (χ3v) is 6.48. The summed E-state index contributed by atoms with van der Waals surface area (Å²) in [5.74, 6) is 1.07. The number of hydrogen-bond donors (Lipinski definition) is 2. The minimum atomic E-state index is -0.216. The molecule has 0 spiro atoms. The predicted molar refractivity (Wildman–Crippen MR) is 116 cm³/mol. The van der Waals surface area contributed by atoms with Gasteiger partial charge in [0.1, 0.15) is 0 Å². The number of ether oxygens (including phenoxy) is 1. The van der Waals surface area contributed by atoms with Crippen molar-refractivity contribution in [3.05, 3.63) is 34.9 Å². The quantitative estimate of drug-likeness (QED) is 0.793. The smallest absolute Gasteiger partial charge is 0.246 e. The molecule has 0 radical (unpaired) electrons. The number of piperidine rings is 1. The van der Waals surface area contributed by atoms with Crippen molar-refractivity contribution in [3.8, 4) is 0 Å². The largest absolute Gasteiger partial charge is 0.370 e. The molecule has 2 aromatic rings. The normalized spacial score (nSPS) is 26.0. The Labute approximate surface area is 177 Å². The fourth-order valence-electron chi connectivity index (χ4n) is 4.87. The number of nitrogens with two attached hydrogens (primary N) is 1. The number of rotatable bonds is 4. The summed E-state index contributed by atoms with van der Waals surface area (Å²) < 4.78 is 6.38. The molecular formula is C21H31ClN6O. The van der Waals surface area contributed by atoms with Gasteiger partial charge in [0.25, 0.3) is 0 Å². The van der Waals surface area contributed by atoms with Gasteiger partial charge in [-0.1, -0.05) is 23.7 Å². The molecule has 2 aliphatic heterocycles. The molecule has 158 valence electrons. The fourth-order valence-corrected chi connectivity index (χ4v) is 5.00. The van der Waals surface area contributed by atoms with Gasteiger partial charge in [-0.2, -0.15) is 4.98 Å². The van der Waals surface area contributed by atoms with E-state index in [0.717, 1.165) is 43.9 Å². The van der Waals surface area contributed by atoms with E-state index >= 15 is 0 Å². The second-order valence-corrected chi connectivity index (χ2v) is 9.25. The first-order chi connectivity index (χ1) is 13.8. The highest BCUT2D eigenvalue weighted by Crippen LogP contribution is 2.34. The number of morpholine rings is 1. The SMILES string of the molecule is C[C@H]1CN(C2CCN(c3n[nH]c(N)n3)CC2)C(Cc2ccc(Cl)cc2)C(C)(C)O1. The van der Waals surface area contributed by atoms with Gasteiger partial charge in [0.05, 0.1) is 11.7 Å². The standard InChI is InChI=1S/C21H31ClN6O/c1-14-13-28(17-8-10-27(11-9-17)20-24-19(23)25-26-20)18(21(2,3)29-14)12-15-4-6-16(22)7-5-15/h4-7,14,17-18H,8-13H2,1-3H3,(H3,23,24,25,26)/t14-,18?/m0/s1. The van der Waals surface area contributed by atoms with Crippen LogP contribution in [0.4, 0.5) is 11.9 Å². The van der Waals surface area contributed by atoms with Crippen LogP contribution < -0.4 is 10.6 Å². The third kappa shape index (κ3) is 4.52. The average Bonchev–Trinajstić information content (AvgIpc) is 3.11. The number of anilines is 2. The van der Waals surface area contributed by atoms with Gasteiger partial charge in [0.2, 0.25) is 11.9 Å². The number of hydrogen-bond acceptors (Lipinski definition) is 6. The minimum absolute atomic E-state index is 0.216. The van der Waals surface area contributed by atoms with Crippen molar-refractivity contribution in [3.63, 3.8) is 0 Å². The lowest BCUT2D eigenvalue weighted by atomic mass is 9.86. The van der Waals surface area contributed by atoms with Gasteiger partial charge < -0.3 is 15.4 Å². The third-order valence-electron chi connectivity index (χ3n) is 6.23. The molecule has 8 heteroatoms. The Morgan fingerprint density at radius 3 is 2.55 bits per heavy atom. The Balaban J connectivity index is 1.49. The van der Waals surface area contributed by atoms with E-state index in [0.29, 0.717) is 24.0 Å². The number of nitrogens with one attached hydrogen (secondary N) is 1. The number of H-pyrrole nitrogens is 1. The van der Waals surface area contributed by atoms with Crippen molar-refractivity contribution in [1.29, 1.82) is 0 Å². The van der Waals surface area contributed by atoms with Crippen molar-refractivity contribution in [1.82, 2.24) is 20.1 Å². The molecule has 2 atom stereocenters. The summed E-state index contributed by atoms with van der Waals surface area (Å²) in [5.41, 5.74) is 6.77. The van der Waals surface area contributed by atoms with E-state index in [2.05, 4.69) is 57.9 Å². The number of halogens is 1. The van der Waals surface area contributed by atoms with Gasteiger partial charge in [-0.25, -0.2) is 5.10 Å². The molecule has 7 nitrogen and oxygen atoms in total. The molecule has 1 aromatic carbocycles. The first-order valence-corrected chi connectivity index (χ1v) is 10.8. The monoisotopic (exact) mass is 418 g/mol. The van der Waals surface area contributed by atoms with Gasteiger partial charge in [0.15, 0.2) is 0 Å². The van der Waals surface area contributed by atoms with Gasteiger partial charge >= 0.3 is 0 Å². The van der Waals surface area contributed by atoms with Gasteiger partial charge in [-0.05, 0) is 57.7 Å². The maximum atomic E-state index is 6.38. The fraction of sp³-hybridized carbons (Fsp3) is 0.619. The van der Waals surface area contributed by atoms with E-state index in [1.165, 1.54) is 5.56 Å². The zero-order valence-corrected chi connectivity index (χ0v) is 18.2. The zero-order chi connectivity index (χ0) is 20.6. The molecule has 0 aliphatic carbocycles. The first kappa shape index (κ1) is 20.4. The highest BCUT2D eigenvalue weighted by atomic mass is 35.5. The van der Waals surface area contributed by atoms with Crippen LogP contribution >= 0.6 is 11.6 Å². The average molecular weight is 419 g/mol. The minimum Gasteiger partial charge on any atom is -0.370 e. The molecule has 2 fully saturated rings. The van der Waals surface area contributed by atoms with Crippen LogP contribution in [-0.4, -0.2) is 63.5 Å². The Hall–Kier alpha value is -1.83. The molecule has 3 N–H and O–H groups in total. The first-order valence-electron chi connectivity index (χ1n) is 10.4. The Kier molecular flexibility index (Phi) is 5.73. The second kappa shape index (κ2) is 8.13. The van der Waals surface area contributed by atoms with Crippen molar-refractivity contribution >= 4 is 23.5 Å². The molecule has 1 aromatic heterocycles. The van der Waals surface area contributed by atoms with Gasteiger partial charge in [0, 0.05) is 36.7 Å². The zero-order valence-electron chi connectivity index (χ0n) is 17.4. The molecule has 0 bridgehead atoms. The summed E-state index contributed by atoms with van der Waals surface area (Å²) >= 11 is 6.09. The Morgan fingerprint density at radius 2 is 1.93 bits per heavy atom. The topological polar surface area (TPSA) is 83.3 Å². The summed E-state index contributed by atoms with van der Waals surface area (Å²) in [6, 6.07) is 9.04. The number of nitrogen functional groups attached to an aromatic ring is 1. The Bertz CT molecular complexity index is 815. The highest BCUT2D eigenvalue weighted by molar-refractivity contribution is 6.30. The van der Waals surface area contributed by atoms with Crippen LogP contribution in [0.3, 0.4) is 0 Å². The molecule has 29 heavy (non-hydrogen) atoms. The van der Waals surface area contributed by atoms with E-state index in [9.17, 15) is 0 Å². The van der Waals surface area contributed by atoms with Crippen LogP contribution in [-0.2, 0) is 11.2 Å². The van der Waals surface area contributed by atoms with E-state index in [-0.39, 0.29) is 11.7 Å². The van der Waals surface area contributed by atoms with E-state index < -0.39 is 0 Å². The lowest BCUT2D eigenvalue weighted by Crippen LogP contribution is -2.64. The number of benzene rings is 1. The predicted octanol–water partition coefficient (Wildman–Crippen LogP) is 3.12. The summed E-state index contributed by atoms with van der Waals surface area (Å²) in [5, 5.41) is 7.72. The Morgan fingerprint density at radius 1 is 1.24 bits per heavy atom. The van der Waals surface area contributed by atoms with Crippen LogP contribution in [0.5, 0.6) is 0 Å². The summed E-state index contributed by atoms with van der Waals surface area (Å²) in [6.07, 6.45) is 3.33. The summed E-state index contributed by atoms with van der Waals surface area (Å²) in [7, 11) is 0. The van der Waals surface area contributed by atoms with Crippen molar-refractivity contribution in [2.45, 2.75) is 63.8 Å². The number of aromatic amines is 1. The summed E-state index contributed by atoms with van der Waals surface area (Å²) in [6.45, 7) is 9.45. The lowest BCUT2D eigenvalue weighted by Gasteiger charge is -2.53. The van der Waals surface area contributed by atoms with E-state index in [1.54, 1.807) is 0 Å². The van der Waals surface area contributed by atoms with Crippen LogP contribution in [0.2, 0.25) is 5.02 Å². The molecule has 2 aliphatic rings. The number of nitrogens with zero attached hydrogens (tertiary/aromatic N) is 4. The summed E-state index contributed by atoms with van der Waals surface area (Å²) in [4.78, 5) is 9.18. The van der Waals surface area contributed by atoms with Crippen LogP contribution in [0.15, 0.2) is 24.3 Å². The second-order valence-electron chi connectivity index (χ2n) is 8.81. The van der Waals surface area contributed by atoms with E-state index in [4.69, 9.17) is 22.1 Å². The van der Waals surface area contributed by atoms with Crippen molar-refractivity contribution in [2.75, 3.05) is 30.3 Å². The van der Waals surface area contributed by atoms with Crippen LogP contribution in [0.1, 0.15) is 39.2 Å². The molecule has 4 rings (SSSR count). The van der Waals surface area contributed by atoms with Crippen molar-refractivity contribution < 1.29 is 4.74 Å². The molecule has 1 unspecified atom stereocenters. The molecular weight excluding hydrogens is 388 g/mol. The number of aromatic nitrogens is 3. The molecule has 0 amide bonds. The van der Waals surface area contributed by atoms with Crippen LogP contribution in [0.25, 0.3) is 0 Å². The maximum absolute atomic E-state index is 6.38. The highest BCUT2D eigenvalue weighted by Gasteiger charge is 2.44. The van der Waals surface area contributed by atoms with E-state index in [1.807, 2.05) is 12.1 Å². The molecule has 3 heterocycles. The lowest BCUT2D eigenvalue weighted by molar-refractivity contribution is -0.175. The van der Waals surface area contributed by atoms with Gasteiger partial charge in [-0.3, -0.25) is 4.90 Å². The maximum Gasteiger partial charge on any atom is 0.246 e. The van der Waals surface area contributed by atoms with Gasteiger partial charge in [-0.15, -0.1) is 5.10 Å².